The maximum atomic E-state index is 12.3. The number of hydrogen-bond acceptors (Lipinski definition) is 6. The van der Waals surface area contributed by atoms with Crippen molar-refractivity contribution in [2.45, 2.75) is 32.8 Å². The molecule has 1 spiro atoms. The summed E-state index contributed by atoms with van der Waals surface area (Å²) >= 11 is 9.71. The number of aromatic nitrogens is 2. The van der Waals surface area contributed by atoms with Gasteiger partial charge < -0.3 is 19.3 Å². The summed E-state index contributed by atoms with van der Waals surface area (Å²) in [5.74, 6) is 1.52. The average molecular weight is 484 g/mol. The van der Waals surface area contributed by atoms with Crippen LogP contribution in [0.1, 0.15) is 27.2 Å². The second-order valence-corrected chi connectivity index (χ2v) is 10.0. The summed E-state index contributed by atoms with van der Waals surface area (Å²) in [4.78, 5) is 25.2. The van der Waals surface area contributed by atoms with Crippen LogP contribution in [0.15, 0.2) is 16.6 Å². The maximum Gasteiger partial charge on any atom is 0.410 e. The fraction of sp³-hybridized carbons (Fsp3) is 0.550. The number of halogens is 2. The third-order valence-electron chi connectivity index (χ3n) is 5.36. The molecular formula is C20H24BrClN4O3. The second-order valence-electron chi connectivity index (χ2n) is 8.83. The molecule has 0 radical (unpaired) electrons. The van der Waals surface area contributed by atoms with Crippen molar-refractivity contribution in [3.8, 4) is 5.75 Å². The summed E-state index contributed by atoms with van der Waals surface area (Å²) in [6.07, 6.45) is 0.745. The molecule has 0 saturated carbocycles. The van der Waals surface area contributed by atoms with Crippen LogP contribution in [0.3, 0.4) is 0 Å². The first-order valence-electron chi connectivity index (χ1n) is 9.53. The number of fused-ring (bicyclic) bond motifs is 1. The molecule has 1 aromatic heterocycles. The van der Waals surface area contributed by atoms with Crippen LogP contribution < -0.4 is 9.64 Å². The van der Waals surface area contributed by atoms with Crippen LogP contribution in [0.25, 0.3) is 10.9 Å². The Morgan fingerprint density at radius 2 is 1.97 bits per heavy atom. The third kappa shape index (κ3) is 3.97. The highest BCUT2D eigenvalue weighted by Crippen LogP contribution is 2.43. The van der Waals surface area contributed by atoms with Crippen molar-refractivity contribution in [3.63, 3.8) is 0 Å². The van der Waals surface area contributed by atoms with E-state index < -0.39 is 5.60 Å². The van der Waals surface area contributed by atoms with Crippen LogP contribution in [-0.4, -0.2) is 59.9 Å². The summed E-state index contributed by atoms with van der Waals surface area (Å²) in [5, 5.41) is 1.12. The Labute approximate surface area is 183 Å². The van der Waals surface area contributed by atoms with Crippen LogP contribution in [0, 0.1) is 5.41 Å². The van der Waals surface area contributed by atoms with Gasteiger partial charge in [0.25, 0.3) is 0 Å². The Hall–Kier alpha value is -1.80. The number of likely N-dealkylation sites (tertiary alicyclic amines) is 1. The van der Waals surface area contributed by atoms with Crippen molar-refractivity contribution in [2.24, 2.45) is 5.41 Å². The van der Waals surface area contributed by atoms with Crippen molar-refractivity contribution in [1.82, 2.24) is 14.9 Å². The molecule has 0 bridgehead atoms. The Bertz CT molecular complexity index is 972. The summed E-state index contributed by atoms with van der Waals surface area (Å²) in [7, 11) is 1.63. The number of hydrogen-bond donors (Lipinski definition) is 0. The Kier molecular flexibility index (Phi) is 5.06. The zero-order valence-corrected chi connectivity index (χ0v) is 19.3. The molecule has 2 saturated heterocycles. The zero-order valence-electron chi connectivity index (χ0n) is 17.0. The van der Waals surface area contributed by atoms with E-state index in [-0.39, 0.29) is 16.8 Å². The molecule has 0 aliphatic carbocycles. The van der Waals surface area contributed by atoms with E-state index in [0.29, 0.717) is 13.1 Å². The minimum absolute atomic E-state index is 0.0695. The minimum Gasteiger partial charge on any atom is -0.496 e. The number of benzene rings is 1. The predicted octanol–water partition coefficient (Wildman–Crippen LogP) is 4.50. The number of nitrogens with zero attached hydrogens (tertiary/aromatic N) is 4. The Morgan fingerprint density at radius 3 is 2.62 bits per heavy atom. The maximum absolute atomic E-state index is 12.3. The number of ether oxygens (including phenoxy) is 2. The molecule has 0 N–H and O–H groups in total. The first-order chi connectivity index (χ1) is 13.6. The fourth-order valence-corrected chi connectivity index (χ4v) is 4.74. The van der Waals surface area contributed by atoms with Crippen molar-refractivity contribution >= 4 is 50.3 Å². The lowest BCUT2D eigenvalue weighted by Crippen LogP contribution is -2.60. The van der Waals surface area contributed by atoms with Gasteiger partial charge in [-0.3, -0.25) is 0 Å². The van der Waals surface area contributed by atoms with Crippen molar-refractivity contribution in [1.29, 1.82) is 0 Å². The number of amides is 1. The summed E-state index contributed by atoms with van der Waals surface area (Å²) in [6, 6.07) is 3.83. The molecule has 29 heavy (non-hydrogen) atoms. The Morgan fingerprint density at radius 1 is 1.24 bits per heavy atom. The van der Waals surface area contributed by atoms with E-state index in [1.807, 2.05) is 32.9 Å². The van der Waals surface area contributed by atoms with E-state index in [9.17, 15) is 4.79 Å². The lowest BCUT2D eigenvalue weighted by molar-refractivity contribution is -0.0266. The number of rotatable bonds is 2. The van der Waals surface area contributed by atoms with E-state index in [1.165, 1.54) is 0 Å². The topological polar surface area (TPSA) is 67.8 Å². The van der Waals surface area contributed by atoms with Gasteiger partial charge in [-0.1, -0.05) is 0 Å². The van der Waals surface area contributed by atoms with Crippen molar-refractivity contribution < 1.29 is 14.3 Å². The predicted molar refractivity (Wildman–Crippen MR) is 116 cm³/mol. The molecule has 156 valence electrons. The normalized spacial score (nSPS) is 18.3. The van der Waals surface area contributed by atoms with E-state index in [2.05, 4.69) is 30.8 Å². The second kappa shape index (κ2) is 7.16. The van der Waals surface area contributed by atoms with Gasteiger partial charge in [-0.25, -0.2) is 9.78 Å². The molecule has 2 fully saturated rings. The van der Waals surface area contributed by atoms with E-state index >= 15 is 0 Å². The number of methoxy groups -OCH3 is 1. The molecule has 9 heteroatoms. The first kappa shape index (κ1) is 20.5. The number of carbonyl (C=O) groups is 1. The minimum atomic E-state index is -0.481. The van der Waals surface area contributed by atoms with Gasteiger partial charge in [-0.15, -0.1) is 0 Å². The van der Waals surface area contributed by atoms with Gasteiger partial charge in [-0.05, 0) is 66.9 Å². The van der Waals surface area contributed by atoms with Crippen LogP contribution in [0.5, 0.6) is 5.75 Å². The van der Waals surface area contributed by atoms with E-state index in [1.54, 1.807) is 12.0 Å². The zero-order chi connectivity index (χ0) is 21.0. The SMILES string of the molecule is COc1cc2c(N3CCC4(CN(C(=O)OC(C)(C)C)C4)C3)nc(Cl)nc2cc1Br. The molecule has 1 amide bonds. The number of anilines is 1. The largest absolute Gasteiger partial charge is 0.496 e. The van der Waals surface area contributed by atoms with Crippen LogP contribution in [0.4, 0.5) is 10.6 Å². The van der Waals surface area contributed by atoms with Crippen LogP contribution >= 0.6 is 27.5 Å². The molecule has 2 aliphatic rings. The first-order valence-corrected chi connectivity index (χ1v) is 10.7. The summed E-state index contributed by atoms with van der Waals surface area (Å²) in [5.41, 5.74) is 0.351. The van der Waals surface area contributed by atoms with Crippen LogP contribution in [-0.2, 0) is 4.74 Å². The Balaban J connectivity index is 1.54. The highest BCUT2D eigenvalue weighted by atomic mass is 79.9. The molecule has 2 aliphatic heterocycles. The molecule has 0 atom stereocenters. The molecule has 7 nitrogen and oxygen atoms in total. The quantitative estimate of drug-likeness (QED) is 0.586. The average Bonchev–Trinajstić information content (AvgIpc) is 3.03. The molecular weight excluding hydrogens is 460 g/mol. The standard InChI is InChI=1S/C20H24BrClN4O3/c1-19(2,3)29-18(27)26-10-20(11-26)5-6-25(9-20)16-12-7-15(28-4)13(21)8-14(12)23-17(22)24-16/h7-8H,5-6,9-11H2,1-4H3. The van der Waals surface area contributed by atoms with Gasteiger partial charge in [-0.2, -0.15) is 4.98 Å². The van der Waals surface area contributed by atoms with Gasteiger partial charge in [0.1, 0.15) is 17.2 Å². The lowest BCUT2D eigenvalue weighted by atomic mass is 9.79. The van der Waals surface area contributed by atoms with Gasteiger partial charge in [0.15, 0.2) is 0 Å². The van der Waals surface area contributed by atoms with Gasteiger partial charge in [0.05, 0.1) is 17.1 Å². The molecule has 4 rings (SSSR count). The van der Waals surface area contributed by atoms with Crippen molar-refractivity contribution in [3.05, 3.63) is 21.9 Å². The molecule has 0 unspecified atom stereocenters. The fourth-order valence-electron chi connectivity index (χ4n) is 4.08. The summed E-state index contributed by atoms with van der Waals surface area (Å²) in [6.45, 7) is 8.71. The van der Waals surface area contributed by atoms with Gasteiger partial charge >= 0.3 is 6.09 Å². The van der Waals surface area contributed by atoms with Crippen LogP contribution in [0.2, 0.25) is 5.28 Å². The monoisotopic (exact) mass is 482 g/mol. The van der Waals surface area contributed by atoms with Gasteiger partial charge in [0.2, 0.25) is 5.28 Å². The molecule has 3 heterocycles. The van der Waals surface area contributed by atoms with E-state index in [0.717, 1.165) is 46.5 Å². The lowest BCUT2D eigenvalue weighted by Gasteiger charge is -2.47. The highest BCUT2D eigenvalue weighted by Gasteiger charge is 2.50. The van der Waals surface area contributed by atoms with Crippen molar-refractivity contribution in [2.75, 3.05) is 38.2 Å². The molecule has 1 aromatic carbocycles. The summed E-state index contributed by atoms with van der Waals surface area (Å²) < 4.78 is 11.7. The van der Waals surface area contributed by atoms with Gasteiger partial charge in [0, 0.05) is 37.0 Å². The third-order valence-corrected chi connectivity index (χ3v) is 6.15. The number of carbonyl (C=O) groups excluding carboxylic acids is 1. The smallest absolute Gasteiger partial charge is 0.410 e. The molecule has 2 aromatic rings. The van der Waals surface area contributed by atoms with E-state index in [4.69, 9.17) is 21.1 Å². The highest BCUT2D eigenvalue weighted by molar-refractivity contribution is 9.10.